The molecule has 3 aromatic rings. The van der Waals surface area contributed by atoms with Crippen LogP contribution in [0, 0.1) is 11.6 Å². The Kier molecular flexibility index (Phi) is 10.5. The Morgan fingerprint density at radius 1 is 1.12 bits per heavy atom. The van der Waals surface area contributed by atoms with Gasteiger partial charge in [-0.2, -0.15) is 5.10 Å². The largest absolute Gasteiger partial charge is 0.383 e. The van der Waals surface area contributed by atoms with Gasteiger partial charge in [0, 0.05) is 24.7 Å². The molecule has 1 aromatic heterocycles. The van der Waals surface area contributed by atoms with Crippen molar-refractivity contribution >= 4 is 35.7 Å². The summed E-state index contributed by atoms with van der Waals surface area (Å²) >= 11 is 7.04. The molecule has 0 saturated carbocycles. The number of nitrogens with two attached hydrogens (primary N) is 1. The zero-order valence-electron chi connectivity index (χ0n) is 18.1. The molecule has 3 rings (SSSR count). The molecule has 0 unspecified atom stereocenters. The van der Waals surface area contributed by atoms with Gasteiger partial charge in [0.15, 0.2) is 0 Å². The first-order valence-corrected chi connectivity index (χ1v) is 11.0. The predicted molar refractivity (Wildman–Crippen MR) is 130 cm³/mol. The molecule has 0 aliphatic carbocycles. The summed E-state index contributed by atoms with van der Waals surface area (Å²) in [6, 6.07) is 12.7. The molecule has 1 atom stereocenters. The van der Waals surface area contributed by atoms with Crippen molar-refractivity contribution in [2.75, 3.05) is 13.1 Å². The quantitative estimate of drug-likeness (QED) is 0.330. The number of hydrogen-bond donors (Lipinski definition) is 4. The molecule has 0 fully saturated rings. The number of halogens is 2. The third-order valence-corrected chi connectivity index (χ3v) is 5.18. The molecule has 0 saturated heterocycles. The van der Waals surface area contributed by atoms with Crippen LogP contribution in [0.15, 0.2) is 61.2 Å². The SMILES string of the molecule is NC(=O)S.O=C(S)N(CCc1ccccc1)CC[C@](O)(Cn1cncn1)c1ccc(F)cc1F. The number of primary amides is 1. The third kappa shape index (κ3) is 8.76. The molecule has 34 heavy (non-hydrogen) atoms. The summed E-state index contributed by atoms with van der Waals surface area (Å²) in [4.78, 5) is 26.4. The highest BCUT2D eigenvalue weighted by atomic mass is 32.1. The molecular formula is C22H25F2N5O3S2. The minimum absolute atomic E-state index is 0.00347. The second-order valence-corrected chi connectivity index (χ2v) is 8.17. The van der Waals surface area contributed by atoms with E-state index in [1.54, 1.807) is 0 Å². The van der Waals surface area contributed by atoms with Crippen LogP contribution in [0.2, 0.25) is 0 Å². The van der Waals surface area contributed by atoms with Gasteiger partial charge in [-0.25, -0.2) is 18.4 Å². The van der Waals surface area contributed by atoms with E-state index in [9.17, 15) is 18.7 Å². The summed E-state index contributed by atoms with van der Waals surface area (Å²) in [6.45, 7) is 0.400. The van der Waals surface area contributed by atoms with Gasteiger partial charge in [0.05, 0.1) is 6.54 Å². The number of hydrogen-bond acceptors (Lipinski definition) is 5. The fourth-order valence-electron chi connectivity index (χ4n) is 3.28. The molecule has 0 spiro atoms. The molecule has 2 aromatic carbocycles. The fraction of sp³-hybridized carbons (Fsp3) is 0.273. The van der Waals surface area contributed by atoms with Gasteiger partial charge < -0.3 is 15.7 Å². The van der Waals surface area contributed by atoms with Crippen LogP contribution in [-0.2, 0) is 18.6 Å². The van der Waals surface area contributed by atoms with Gasteiger partial charge in [-0.05, 0) is 24.5 Å². The molecule has 0 bridgehead atoms. The van der Waals surface area contributed by atoms with Crippen LogP contribution in [0.4, 0.5) is 18.4 Å². The molecule has 8 nitrogen and oxygen atoms in total. The van der Waals surface area contributed by atoms with Crippen LogP contribution in [0.3, 0.4) is 0 Å². The summed E-state index contributed by atoms with van der Waals surface area (Å²) in [7, 11) is 0. The second kappa shape index (κ2) is 13.1. The van der Waals surface area contributed by atoms with E-state index in [0.29, 0.717) is 13.0 Å². The number of benzene rings is 2. The maximum Gasteiger partial charge on any atom is 0.278 e. The lowest BCUT2D eigenvalue weighted by molar-refractivity contribution is -0.00215. The number of carbonyl (C=O) groups excluding carboxylic acids is 2. The van der Waals surface area contributed by atoms with Gasteiger partial charge in [-0.1, -0.05) is 61.7 Å². The standard InChI is InChI=1S/C21H22F2N4O2S.CH3NOS/c22-17-6-7-18(19(23)12-17)21(29,13-27-15-24-14-25-27)9-11-26(20(28)30)10-8-16-4-2-1-3-5-16;2-1(3)4/h1-7,12,14-15,29H,8-11,13H2,(H,28,30);(H3,2,3,4)/t21-;/m0./s1. The number of nitrogens with zero attached hydrogens (tertiary/aromatic N) is 4. The Balaban J connectivity index is 0.000000945. The lowest BCUT2D eigenvalue weighted by Crippen LogP contribution is -2.39. The average molecular weight is 510 g/mol. The van der Waals surface area contributed by atoms with Crippen LogP contribution >= 0.6 is 25.3 Å². The Bertz CT molecular complexity index is 1070. The van der Waals surface area contributed by atoms with Crippen molar-refractivity contribution in [1.29, 1.82) is 0 Å². The van der Waals surface area contributed by atoms with Gasteiger partial charge in [0.2, 0.25) is 0 Å². The predicted octanol–water partition coefficient (Wildman–Crippen LogP) is 3.42. The number of amides is 2. The van der Waals surface area contributed by atoms with E-state index in [1.165, 1.54) is 28.3 Å². The second-order valence-electron chi connectivity index (χ2n) is 7.34. The number of carbonyl (C=O) groups is 2. The van der Waals surface area contributed by atoms with Crippen LogP contribution < -0.4 is 5.73 Å². The normalized spacial score (nSPS) is 12.3. The first kappa shape index (κ1) is 27.3. The third-order valence-electron chi connectivity index (χ3n) is 4.90. The summed E-state index contributed by atoms with van der Waals surface area (Å²) < 4.78 is 29.2. The van der Waals surface area contributed by atoms with Gasteiger partial charge in [0.1, 0.15) is 29.9 Å². The van der Waals surface area contributed by atoms with E-state index in [2.05, 4.69) is 41.1 Å². The van der Waals surface area contributed by atoms with Crippen molar-refractivity contribution in [3.8, 4) is 0 Å². The number of thiol groups is 2. The summed E-state index contributed by atoms with van der Waals surface area (Å²) in [5, 5.41) is 14.2. The lowest BCUT2D eigenvalue weighted by atomic mass is 9.89. The molecule has 0 aliphatic rings. The molecule has 2 amide bonds. The zero-order chi connectivity index (χ0) is 25.1. The smallest absolute Gasteiger partial charge is 0.278 e. The first-order valence-electron chi connectivity index (χ1n) is 10.1. The van der Waals surface area contributed by atoms with Gasteiger partial charge in [-0.3, -0.25) is 9.59 Å². The Hall–Kier alpha value is -2.96. The van der Waals surface area contributed by atoms with Crippen molar-refractivity contribution in [2.24, 2.45) is 5.73 Å². The molecule has 1 heterocycles. The van der Waals surface area contributed by atoms with E-state index in [0.717, 1.165) is 17.7 Å². The Morgan fingerprint density at radius 3 is 2.35 bits per heavy atom. The highest BCUT2D eigenvalue weighted by Gasteiger charge is 2.34. The van der Waals surface area contributed by atoms with E-state index in [1.807, 2.05) is 30.3 Å². The van der Waals surface area contributed by atoms with Crippen molar-refractivity contribution in [3.05, 3.63) is 83.9 Å². The van der Waals surface area contributed by atoms with Crippen molar-refractivity contribution in [3.63, 3.8) is 0 Å². The number of rotatable bonds is 9. The molecule has 0 radical (unpaired) electrons. The topological polar surface area (TPSA) is 114 Å². The molecule has 12 heteroatoms. The van der Waals surface area contributed by atoms with E-state index < -0.39 is 27.7 Å². The Morgan fingerprint density at radius 2 is 1.79 bits per heavy atom. The zero-order valence-corrected chi connectivity index (χ0v) is 19.9. The van der Waals surface area contributed by atoms with Crippen LogP contribution in [0.25, 0.3) is 0 Å². The van der Waals surface area contributed by atoms with Crippen molar-refractivity contribution in [1.82, 2.24) is 19.7 Å². The number of aromatic nitrogens is 3. The highest BCUT2D eigenvalue weighted by molar-refractivity contribution is 7.96. The molecule has 182 valence electrons. The van der Waals surface area contributed by atoms with Gasteiger partial charge in [-0.15, -0.1) is 0 Å². The van der Waals surface area contributed by atoms with Crippen molar-refractivity contribution in [2.45, 2.75) is 25.0 Å². The van der Waals surface area contributed by atoms with E-state index in [4.69, 9.17) is 4.79 Å². The molecular weight excluding hydrogens is 484 g/mol. The highest BCUT2D eigenvalue weighted by Crippen LogP contribution is 2.30. The maximum atomic E-state index is 14.5. The maximum absolute atomic E-state index is 14.5. The number of aliphatic hydroxyl groups is 1. The van der Waals surface area contributed by atoms with Gasteiger partial charge in [0.25, 0.3) is 10.5 Å². The minimum atomic E-state index is -1.74. The van der Waals surface area contributed by atoms with Crippen LogP contribution in [0.1, 0.15) is 17.5 Å². The van der Waals surface area contributed by atoms with Crippen LogP contribution in [-0.4, -0.2) is 48.3 Å². The monoisotopic (exact) mass is 509 g/mol. The Labute approximate surface area is 206 Å². The van der Waals surface area contributed by atoms with E-state index in [-0.39, 0.29) is 25.1 Å². The molecule has 0 aliphatic heterocycles. The van der Waals surface area contributed by atoms with Gasteiger partial charge >= 0.3 is 0 Å². The minimum Gasteiger partial charge on any atom is -0.383 e. The molecule has 3 N–H and O–H groups in total. The fourth-order valence-corrected chi connectivity index (χ4v) is 3.48. The van der Waals surface area contributed by atoms with Crippen molar-refractivity contribution < 1.29 is 23.5 Å². The average Bonchev–Trinajstić information content (AvgIpc) is 3.26. The summed E-state index contributed by atoms with van der Waals surface area (Å²) in [5.74, 6) is -1.61. The van der Waals surface area contributed by atoms with E-state index >= 15 is 0 Å². The summed E-state index contributed by atoms with van der Waals surface area (Å²) in [6.07, 6.45) is 3.30. The lowest BCUT2D eigenvalue weighted by Gasteiger charge is -2.31. The van der Waals surface area contributed by atoms with Crippen LogP contribution in [0.5, 0.6) is 0 Å². The summed E-state index contributed by atoms with van der Waals surface area (Å²) in [5.41, 5.74) is 3.58. The first-order chi connectivity index (χ1) is 16.1.